The Morgan fingerprint density at radius 3 is 2.63 bits per heavy atom. The second-order valence-electron chi connectivity index (χ2n) is 6.74. The second kappa shape index (κ2) is 7.55. The van der Waals surface area contributed by atoms with Gasteiger partial charge in [0.05, 0.1) is 32.9 Å². The van der Waals surface area contributed by atoms with E-state index in [1.54, 1.807) is 32.2 Å². The van der Waals surface area contributed by atoms with Gasteiger partial charge in [0.2, 0.25) is 5.78 Å². The van der Waals surface area contributed by atoms with E-state index in [-0.39, 0.29) is 22.0 Å². The van der Waals surface area contributed by atoms with Crippen LogP contribution in [0.15, 0.2) is 54.1 Å². The Kier molecular flexibility index (Phi) is 5.05. The number of aliphatic hydroxyl groups excluding tert-OH is 1. The highest BCUT2D eigenvalue weighted by molar-refractivity contribution is 7.14. The van der Waals surface area contributed by atoms with Crippen LogP contribution in [0.4, 0.5) is 5.69 Å². The van der Waals surface area contributed by atoms with Crippen LogP contribution in [0.1, 0.15) is 32.0 Å². The molecule has 0 aliphatic carbocycles. The molecule has 3 aromatic rings. The standard InChI is InChI=1S/C21H16ClN3O4S/c1-10-20(30-11(2)24-10)18(27)16-17(12-4-3-7-23-9-12)25(21(29)19(16)28)14-8-13(22)5-6-15(14)26/h3-9,17,26,28H,1-2H3. The van der Waals surface area contributed by atoms with Crippen molar-refractivity contribution in [1.82, 2.24) is 9.97 Å². The van der Waals surface area contributed by atoms with E-state index in [0.29, 0.717) is 21.1 Å². The van der Waals surface area contributed by atoms with Gasteiger partial charge in [-0.1, -0.05) is 17.7 Å². The van der Waals surface area contributed by atoms with Gasteiger partial charge in [0, 0.05) is 17.4 Å². The molecule has 0 spiro atoms. The molecule has 152 valence electrons. The van der Waals surface area contributed by atoms with E-state index in [4.69, 9.17) is 11.6 Å². The summed E-state index contributed by atoms with van der Waals surface area (Å²) in [6, 6.07) is 6.58. The summed E-state index contributed by atoms with van der Waals surface area (Å²) in [7, 11) is 0. The fourth-order valence-electron chi connectivity index (χ4n) is 3.49. The summed E-state index contributed by atoms with van der Waals surface area (Å²) in [6.45, 7) is 3.47. The Morgan fingerprint density at radius 2 is 2.00 bits per heavy atom. The lowest BCUT2D eigenvalue weighted by Crippen LogP contribution is -2.31. The number of hydrogen-bond acceptors (Lipinski definition) is 7. The summed E-state index contributed by atoms with van der Waals surface area (Å²) in [6.07, 6.45) is 3.06. The minimum atomic E-state index is -0.995. The number of rotatable bonds is 4. The number of amides is 1. The number of phenolic OH excluding ortho intramolecular Hbond substituents is 1. The zero-order chi connectivity index (χ0) is 21.6. The zero-order valence-corrected chi connectivity index (χ0v) is 17.5. The first-order chi connectivity index (χ1) is 14.3. The van der Waals surface area contributed by atoms with Crippen molar-refractivity contribution < 1.29 is 19.8 Å². The minimum absolute atomic E-state index is 0.0768. The number of anilines is 1. The van der Waals surface area contributed by atoms with Gasteiger partial charge >= 0.3 is 0 Å². The zero-order valence-electron chi connectivity index (χ0n) is 16.0. The van der Waals surface area contributed by atoms with Gasteiger partial charge in [-0.15, -0.1) is 11.3 Å². The molecule has 2 N–H and O–H groups in total. The quantitative estimate of drug-likeness (QED) is 0.585. The predicted molar refractivity (Wildman–Crippen MR) is 113 cm³/mol. The molecule has 9 heteroatoms. The van der Waals surface area contributed by atoms with Gasteiger partial charge in [0.1, 0.15) is 5.75 Å². The lowest BCUT2D eigenvalue weighted by Gasteiger charge is -2.27. The Bertz CT molecular complexity index is 1210. The Balaban J connectivity index is 1.92. The maximum Gasteiger partial charge on any atom is 0.294 e. The summed E-state index contributed by atoms with van der Waals surface area (Å²) in [5.74, 6) is -2.21. The number of pyridine rings is 1. The monoisotopic (exact) mass is 441 g/mol. The van der Waals surface area contributed by atoms with Crippen LogP contribution in [0.3, 0.4) is 0 Å². The largest absolute Gasteiger partial charge is 0.506 e. The van der Waals surface area contributed by atoms with Crippen LogP contribution in [0, 0.1) is 13.8 Å². The van der Waals surface area contributed by atoms with Crippen molar-refractivity contribution in [3.8, 4) is 5.75 Å². The molecule has 2 aromatic heterocycles. The molecule has 1 aliphatic heterocycles. The molecule has 0 bridgehead atoms. The van der Waals surface area contributed by atoms with E-state index >= 15 is 0 Å². The third kappa shape index (κ3) is 3.24. The van der Waals surface area contributed by atoms with Crippen molar-refractivity contribution in [2.45, 2.75) is 19.9 Å². The first-order valence-corrected chi connectivity index (χ1v) is 10.1. The molecule has 0 saturated heterocycles. The number of ketones is 1. The number of aromatic nitrogens is 2. The molecule has 3 heterocycles. The maximum atomic E-state index is 13.4. The highest BCUT2D eigenvalue weighted by Gasteiger charge is 2.46. The van der Waals surface area contributed by atoms with E-state index in [0.717, 1.165) is 4.90 Å². The van der Waals surface area contributed by atoms with Crippen LogP contribution < -0.4 is 4.90 Å². The lowest BCUT2D eigenvalue weighted by molar-refractivity contribution is -0.117. The number of aryl methyl sites for hydroxylation is 2. The van der Waals surface area contributed by atoms with Crippen molar-refractivity contribution >= 4 is 40.3 Å². The van der Waals surface area contributed by atoms with E-state index in [1.165, 1.54) is 35.7 Å². The van der Waals surface area contributed by atoms with Gasteiger partial charge < -0.3 is 10.2 Å². The highest BCUT2D eigenvalue weighted by atomic mass is 35.5. The van der Waals surface area contributed by atoms with Crippen molar-refractivity contribution in [3.63, 3.8) is 0 Å². The third-order valence-corrected chi connectivity index (χ3v) is 6.07. The molecule has 1 amide bonds. The fourth-order valence-corrected chi connectivity index (χ4v) is 4.53. The number of aromatic hydroxyl groups is 1. The number of benzene rings is 1. The molecule has 1 aromatic carbocycles. The van der Waals surface area contributed by atoms with Crippen LogP contribution in [0.2, 0.25) is 5.02 Å². The van der Waals surface area contributed by atoms with Gasteiger partial charge in [-0.3, -0.25) is 19.5 Å². The lowest BCUT2D eigenvalue weighted by atomic mass is 9.96. The first-order valence-electron chi connectivity index (χ1n) is 8.93. The van der Waals surface area contributed by atoms with Crippen molar-refractivity contribution in [2.75, 3.05) is 4.90 Å². The molecule has 1 aliphatic rings. The minimum Gasteiger partial charge on any atom is -0.506 e. The van der Waals surface area contributed by atoms with Crippen molar-refractivity contribution in [2.24, 2.45) is 0 Å². The smallest absolute Gasteiger partial charge is 0.294 e. The molecule has 1 unspecified atom stereocenters. The number of halogens is 1. The number of aliphatic hydroxyl groups is 1. The normalized spacial score (nSPS) is 16.4. The van der Waals surface area contributed by atoms with E-state index in [9.17, 15) is 19.8 Å². The number of phenols is 1. The number of nitrogens with zero attached hydrogens (tertiary/aromatic N) is 3. The number of carbonyl (C=O) groups is 2. The number of thiazole rings is 1. The summed E-state index contributed by atoms with van der Waals surface area (Å²) in [5.41, 5.74) is 0.993. The predicted octanol–water partition coefficient (Wildman–Crippen LogP) is 4.30. The molecule has 7 nitrogen and oxygen atoms in total. The van der Waals surface area contributed by atoms with Crippen LogP contribution in [0.25, 0.3) is 0 Å². The van der Waals surface area contributed by atoms with Crippen LogP contribution in [-0.4, -0.2) is 31.9 Å². The fraction of sp³-hybridized carbons (Fsp3) is 0.143. The highest BCUT2D eigenvalue weighted by Crippen LogP contribution is 2.45. The molecular weight excluding hydrogens is 426 g/mol. The molecule has 0 saturated carbocycles. The van der Waals surface area contributed by atoms with Crippen LogP contribution >= 0.6 is 22.9 Å². The SMILES string of the molecule is Cc1nc(C)c(C(=O)C2=C(O)C(=O)N(c3cc(Cl)ccc3O)C2c2cccnc2)s1. The summed E-state index contributed by atoms with van der Waals surface area (Å²) >= 11 is 7.27. The Morgan fingerprint density at radius 1 is 1.23 bits per heavy atom. The van der Waals surface area contributed by atoms with Gasteiger partial charge in [-0.25, -0.2) is 4.98 Å². The van der Waals surface area contributed by atoms with Crippen molar-refractivity contribution in [3.05, 3.63) is 80.2 Å². The van der Waals surface area contributed by atoms with E-state index in [2.05, 4.69) is 9.97 Å². The summed E-state index contributed by atoms with van der Waals surface area (Å²) < 4.78 is 0. The molecule has 4 rings (SSSR count). The molecule has 30 heavy (non-hydrogen) atoms. The molecular formula is C21H16ClN3O4S. The van der Waals surface area contributed by atoms with Crippen LogP contribution in [0.5, 0.6) is 5.75 Å². The average molecular weight is 442 g/mol. The van der Waals surface area contributed by atoms with E-state index in [1.807, 2.05) is 0 Å². The van der Waals surface area contributed by atoms with Gasteiger partial charge in [0.15, 0.2) is 5.76 Å². The molecule has 0 radical (unpaired) electrons. The maximum absolute atomic E-state index is 13.4. The Labute approximate surface area is 180 Å². The third-order valence-electron chi connectivity index (χ3n) is 4.76. The van der Waals surface area contributed by atoms with Crippen molar-refractivity contribution in [1.29, 1.82) is 0 Å². The molecule has 1 atom stereocenters. The van der Waals surface area contributed by atoms with E-state index < -0.39 is 23.5 Å². The summed E-state index contributed by atoms with van der Waals surface area (Å²) in [4.78, 5) is 36.3. The topological polar surface area (TPSA) is 104 Å². The Hall–Kier alpha value is -3.23. The van der Waals surface area contributed by atoms with Gasteiger partial charge in [0.25, 0.3) is 5.91 Å². The van der Waals surface area contributed by atoms with Gasteiger partial charge in [-0.05, 0) is 43.7 Å². The number of carbonyl (C=O) groups excluding carboxylic acids is 2. The van der Waals surface area contributed by atoms with Crippen LogP contribution in [-0.2, 0) is 4.79 Å². The first kappa shape index (κ1) is 20.1. The average Bonchev–Trinajstić information content (AvgIpc) is 3.20. The molecule has 0 fully saturated rings. The number of hydrogen-bond donors (Lipinski definition) is 2. The summed E-state index contributed by atoms with van der Waals surface area (Å²) in [5, 5.41) is 22.1. The second-order valence-corrected chi connectivity index (χ2v) is 8.38. The van der Waals surface area contributed by atoms with Gasteiger partial charge in [-0.2, -0.15) is 0 Å². The number of Topliss-reactive ketones (excluding diaryl/α,β-unsaturated/α-hetero) is 1.